The van der Waals surface area contributed by atoms with Crippen LogP contribution in [0, 0.1) is 116 Å². The van der Waals surface area contributed by atoms with Gasteiger partial charge in [0.1, 0.15) is 52.7 Å². The number of benzene rings is 9. The van der Waals surface area contributed by atoms with Crippen molar-refractivity contribution in [2.75, 3.05) is 5.75 Å². The van der Waals surface area contributed by atoms with Crippen LogP contribution in [-0.2, 0) is 10.9 Å². The number of carbonyl (C=O) groups excluding carboxylic acids is 1. The van der Waals surface area contributed by atoms with Gasteiger partial charge in [-0.25, -0.2) is 87.8 Å². The van der Waals surface area contributed by atoms with Crippen molar-refractivity contribution >= 4 is 66.2 Å². The van der Waals surface area contributed by atoms with Crippen LogP contribution in [0.5, 0.6) is 0 Å². The van der Waals surface area contributed by atoms with E-state index in [1.165, 1.54) is 31.3 Å². The lowest BCUT2D eigenvalue weighted by Crippen LogP contribution is -2.81. The Morgan fingerprint density at radius 1 is 0.293 bits per heavy atom. The Hall–Kier alpha value is -7.82. The SMILES string of the molecule is Fc1c(F)c(F)c([B-](c2c(F)c(F)c(F)c(F)c2F)(c2c(F)c(F)c(F)c(F)c2F)c2c(F)c(F)c(F)c(F)c2F)c(F)c1F.O=C(C[S+](c1ccc2ccccc2c1)c1ccc2ccccc2c1)c1ccccc1. The zero-order valence-corrected chi connectivity index (χ0v) is 37.4. The quantitative estimate of drug-likeness (QED) is 0.0352. The van der Waals surface area contributed by atoms with Crippen molar-refractivity contribution in [1.29, 1.82) is 0 Å². The molecule has 9 aromatic carbocycles. The van der Waals surface area contributed by atoms with Gasteiger partial charge >= 0.3 is 0 Å². The second-order valence-electron chi connectivity index (χ2n) is 16.1. The molecule has 0 aliphatic carbocycles. The van der Waals surface area contributed by atoms with Crippen molar-refractivity contribution < 1.29 is 92.6 Å². The Bertz CT molecular complexity index is 3340. The van der Waals surface area contributed by atoms with Crippen LogP contribution in [0.2, 0.25) is 0 Å². The molecule has 0 N–H and O–H groups in total. The summed E-state index contributed by atoms with van der Waals surface area (Å²) in [5, 5.41) is 4.86. The molecule has 0 spiro atoms. The van der Waals surface area contributed by atoms with Crippen LogP contribution in [0.4, 0.5) is 87.8 Å². The van der Waals surface area contributed by atoms with Gasteiger partial charge in [0.15, 0.2) is 85.4 Å². The van der Waals surface area contributed by atoms with Crippen molar-refractivity contribution in [3.8, 4) is 0 Å². The lowest BCUT2D eigenvalue weighted by molar-refractivity contribution is 0.102. The Balaban J connectivity index is 0.000000215. The van der Waals surface area contributed by atoms with E-state index in [9.17, 15) is 57.5 Å². The van der Waals surface area contributed by atoms with Gasteiger partial charge in [-0.1, -0.05) is 78.9 Å². The first-order chi connectivity index (χ1) is 35.5. The van der Waals surface area contributed by atoms with E-state index in [1.807, 2.05) is 30.3 Å². The smallest absolute Gasteiger partial charge is 0.212 e. The summed E-state index contributed by atoms with van der Waals surface area (Å²) in [5.74, 6) is -70.8. The van der Waals surface area contributed by atoms with Gasteiger partial charge in [0.2, 0.25) is 5.78 Å². The highest BCUT2D eigenvalue weighted by atomic mass is 32.2. The fourth-order valence-corrected chi connectivity index (χ4v) is 10.7. The molecule has 0 amide bonds. The average molecular weight is 1080 g/mol. The molecular formula is C52H21BF20OS. The largest absolute Gasteiger partial charge is 0.289 e. The maximum absolute atomic E-state index is 15.4. The van der Waals surface area contributed by atoms with Gasteiger partial charge in [-0.05, 0) is 45.8 Å². The predicted octanol–water partition coefficient (Wildman–Crippen LogP) is 12.8. The minimum Gasteiger partial charge on any atom is -0.289 e. The van der Waals surface area contributed by atoms with E-state index >= 15 is 35.1 Å². The molecule has 9 aromatic rings. The van der Waals surface area contributed by atoms with E-state index in [0.717, 1.165) is 5.56 Å². The van der Waals surface area contributed by atoms with Gasteiger partial charge in [-0.15, -0.1) is 21.9 Å². The topological polar surface area (TPSA) is 17.1 Å². The molecule has 9 rings (SSSR count). The van der Waals surface area contributed by atoms with Crippen molar-refractivity contribution in [2.45, 2.75) is 9.79 Å². The lowest BCUT2D eigenvalue weighted by Gasteiger charge is -2.44. The summed E-state index contributed by atoms with van der Waals surface area (Å²) in [6.07, 6.45) is -7.22. The van der Waals surface area contributed by atoms with E-state index in [0.29, 0.717) is 5.75 Å². The molecule has 0 saturated heterocycles. The number of fused-ring (bicyclic) bond motifs is 2. The third-order valence-electron chi connectivity index (χ3n) is 12.1. The molecule has 0 saturated carbocycles. The van der Waals surface area contributed by atoms with Gasteiger partial charge in [-0.2, -0.15) is 0 Å². The molecule has 0 unspecified atom stereocenters. The van der Waals surface area contributed by atoms with Gasteiger partial charge in [0.05, 0.1) is 10.9 Å². The van der Waals surface area contributed by atoms with E-state index in [1.54, 1.807) is 0 Å². The maximum Gasteiger partial charge on any atom is 0.212 e. The Morgan fingerprint density at radius 2 is 0.533 bits per heavy atom. The van der Waals surface area contributed by atoms with E-state index in [-0.39, 0.29) is 16.7 Å². The van der Waals surface area contributed by atoms with Crippen molar-refractivity contribution in [3.05, 3.63) is 237 Å². The zero-order valence-electron chi connectivity index (χ0n) is 36.6. The number of ketones is 1. The average Bonchev–Trinajstić information content (AvgIpc) is 3.42. The number of Topliss-reactive ketones (excluding diaryl/α,β-unsaturated/α-hetero) is 1. The minimum absolute atomic E-state index is 0.181. The van der Waals surface area contributed by atoms with Crippen LogP contribution in [0.15, 0.2) is 125 Å². The Morgan fingerprint density at radius 3 is 0.813 bits per heavy atom. The molecule has 0 aromatic heterocycles. The minimum atomic E-state index is -7.22. The van der Waals surface area contributed by atoms with Crippen LogP contribution in [-0.4, -0.2) is 17.7 Å². The summed E-state index contributed by atoms with van der Waals surface area (Å²) < 4.78 is 294. The molecule has 0 aliphatic rings. The highest BCUT2D eigenvalue weighted by molar-refractivity contribution is 7.97. The van der Waals surface area contributed by atoms with Crippen LogP contribution in [0.3, 0.4) is 0 Å². The number of hydrogen-bond acceptors (Lipinski definition) is 1. The molecule has 1 nitrogen and oxygen atoms in total. The molecule has 0 heterocycles. The molecule has 0 atom stereocenters. The highest BCUT2D eigenvalue weighted by Gasteiger charge is 2.52. The number of halogens is 20. The second kappa shape index (κ2) is 20.5. The van der Waals surface area contributed by atoms with Gasteiger partial charge < -0.3 is 0 Å². The first-order valence-corrected chi connectivity index (χ1v) is 22.4. The standard InChI is InChI=1S/C28H21OS.C24BF20/c29-28(23-10-2-1-3-11-23)20-30(26-16-14-21-8-4-6-12-24(21)18-26)27-17-15-22-9-5-7-13-25(22)19-27;26-5-1(6(27)14(35)21(42)13(5)34)25(2-7(28)15(36)22(43)16(37)8(2)29,3-9(30)17(38)23(44)18(39)10(3)31)4-11(32)19(40)24(45)20(41)12(4)33/h1-19H,20H2;/q+1;-1. The molecule has 0 fully saturated rings. The second-order valence-corrected chi connectivity index (χ2v) is 18.2. The summed E-state index contributed by atoms with van der Waals surface area (Å²) in [4.78, 5) is 15.5. The fourth-order valence-electron chi connectivity index (χ4n) is 8.66. The molecule has 384 valence electrons. The summed E-state index contributed by atoms with van der Waals surface area (Å²) in [6.45, 7) is 0. The van der Waals surface area contributed by atoms with Crippen LogP contribution in [0.1, 0.15) is 10.4 Å². The summed E-state index contributed by atoms with van der Waals surface area (Å²) >= 11 is 0. The van der Waals surface area contributed by atoms with Crippen LogP contribution >= 0.6 is 0 Å². The Labute approximate surface area is 410 Å². The summed E-state index contributed by atoms with van der Waals surface area (Å²) in [6, 6.07) is 39.6. The van der Waals surface area contributed by atoms with Crippen LogP contribution in [0.25, 0.3) is 21.5 Å². The van der Waals surface area contributed by atoms with Crippen molar-refractivity contribution in [2.24, 2.45) is 0 Å². The monoisotopic (exact) mass is 1080 g/mol. The predicted molar refractivity (Wildman–Crippen MR) is 237 cm³/mol. The summed E-state index contributed by atoms with van der Waals surface area (Å²) in [7, 11) is -0.343. The third-order valence-corrected chi connectivity index (χ3v) is 14.3. The first kappa shape index (κ1) is 53.5. The number of rotatable bonds is 9. The van der Waals surface area contributed by atoms with Crippen molar-refractivity contribution in [1.82, 2.24) is 0 Å². The molecule has 0 aliphatic heterocycles. The van der Waals surface area contributed by atoms with Gasteiger partial charge in [0, 0.05) is 17.7 Å². The summed E-state index contributed by atoms with van der Waals surface area (Å²) in [5.41, 5.74) is -13.6. The Kier molecular flexibility index (Phi) is 14.6. The molecular weight excluding hydrogens is 1060 g/mol. The molecule has 75 heavy (non-hydrogen) atoms. The number of hydrogen-bond donors (Lipinski definition) is 0. The van der Waals surface area contributed by atoms with Crippen LogP contribution < -0.4 is 21.9 Å². The van der Waals surface area contributed by atoms with E-state index < -0.39 is 144 Å². The third kappa shape index (κ3) is 8.78. The zero-order chi connectivity index (χ0) is 54.7. The first-order valence-electron chi connectivity index (χ1n) is 21.0. The van der Waals surface area contributed by atoms with E-state index in [4.69, 9.17) is 0 Å². The van der Waals surface area contributed by atoms with E-state index in [2.05, 4.69) is 84.9 Å². The highest BCUT2D eigenvalue weighted by Crippen LogP contribution is 2.33. The van der Waals surface area contributed by atoms with Gasteiger partial charge in [0.25, 0.3) is 0 Å². The normalized spacial score (nSPS) is 11.7. The maximum atomic E-state index is 15.4. The van der Waals surface area contributed by atoms with Crippen molar-refractivity contribution in [3.63, 3.8) is 0 Å². The lowest BCUT2D eigenvalue weighted by atomic mass is 9.12. The van der Waals surface area contributed by atoms with Gasteiger partial charge in [-0.3, -0.25) is 4.79 Å². The molecule has 0 bridgehead atoms. The fraction of sp³-hybridized carbons (Fsp3) is 0.0192. The molecule has 0 radical (unpaired) electrons. The molecule has 23 heteroatoms. The number of carbonyl (C=O) groups is 1.